The van der Waals surface area contributed by atoms with Crippen LogP contribution in [0.3, 0.4) is 0 Å². The standard InChI is InChI=1S/C20H18O2S/c1-16-11-13-19(14-12-16)23(21,22)15-18-9-5-6-10-20(18)17-7-3-2-4-8-17/h2-14H,15H2,1H3. The second kappa shape index (κ2) is 6.39. The van der Waals surface area contributed by atoms with Gasteiger partial charge in [0.15, 0.2) is 9.84 Å². The highest BCUT2D eigenvalue weighted by Gasteiger charge is 2.17. The van der Waals surface area contributed by atoms with Gasteiger partial charge in [-0.2, -0.15) is 0 Å². The minimum absolute atomic E-state index is 0.00112. The van der Waals surface area contributed by atoms with E-state index >= 15 is 0 Å². The molecule has 3 heteroatoms. The molecule has 0 aromatic heterocycles. The first kappa shape index (κ1) is 15.5. The van der Waals surface area contributed by atoms with Gasteiger partial charge in [0, 0.05) is 0 Å². The molecule has 0 bridgehead atoms. The molecule has 0 radical (unpaired) electrons. The second-order valence-electron chi connectivity index (χ2n) is 5.60. The first-order chi connectivity index (χ1) is 11.1. The number of rotatable bonds is 4. The predicted octanol–water partition coefficient (Wildman–Crippen LogP) is 4.64. The Labute approximate surface area is 137 Å². The van der Waals surface area contributed by atoms with Gasteiger partial charge in [0.2, 0.25) is 0 Å². The van der Waals surface area contributed by atoms with Crippen molar-refractivity contribution in [2.75, 3.05) is 0 Å². The van der Waals surface area contributed by atoms with E-state index in [0.717, 1.165) is 22.3 Å². The van der Waals surface area contributed by atoms with Crippen LogP contribution >= 0.6 is 0 Å². The Morgan fingerprint density at radius 2 is 1.35 bits per heavy atom. The summed E-state index contributed by atoms with van der Waals surface area (Å²) in [6, 6.07) is 24.5. The Hall–Kier alpha value is -2.39. The Morgan fingerprint density at radius 3 is 2.04 bits per heavy atom. The largest absolute Gasteiger partial charge is 0.223 e. The number of benzene rings is 3. The highest BCUT2D eigenvalue weighted by Crippen LogP contribution is 2.27. The molecule has 3 aromatic rings. The molecule has 0 aliphatic rings. The Bertz CT molecular complexity index is 896. The van der Waals surface area contributed by atoms with Crippen LogP contribution in [0.15, 0.2) is 83.8 Å². The topological polar surface area (TPSA) is 34.1 Å². The summed E-state index contributed by atoms with van der Waals surface area (Å²) in [5.74, 6) is 0.00112. The Morgan fingerprint density at radius 1 is 0.739 bits per heavy atom. The number of hydrogen-bond acceptors (Lipinski definition) is 2. The molecular formula is C20H18O2S. The first-order valence-electron chi connectivity index (χ1n) is 7.49. The van der Waals surface area contributed by atoms with E-state index in [1.54, 1.807) is 12.1 Å². The van der Waals surface area contributed by atoms with E-state index in [1.807, 2.05) is 73.7 Å². The van der Waals surface area contributed by atoms with E-state index in [-0.39, 0.29) is 5.75 Å². The number of aryl methyl sites for hydroxylation is 1. The van der Waals surface area contributed by atoms with E-state index in [1.165, 1.54) is 0 Å². The average molecular weight is 322 g/mol. The van der Waals surface area contributed by atoms with Crippen LogP contribution in [-0.4, -0.2) is 8.42 Å². The van der Waals surface area contributed by atoms with Crippen LogP contribution in [0.2, 0.25) is 0 Å². The van der Waals surface area contributed by atoms with Crippen molar-refractivity contribution in [1.29, 1.82) is 0 Å². The van der Waals surface area contributed by atoms with E-state index < -0.39 is 9.84 Å². The molecule has 3 rings (SSSR count). The molecule has 0 aliphatic carbocycles. The lowest BCUT2D eigenvalue weighted by atomic mass is 10.0. The zero-order valence-corrected chi connectivity index (χ0v) is 13.8. The van der Waals surface area contributed by atoms with Gasteiger partial charge < -0.3 is 0 Å². The van der Waals surface area contributed by atoms with Gasteiger partial charge in [-0.3, -0.25) is 0 Å². The summed E-state index contributed by atoms with van der Waals surface area (Å²) >= 11 is 0. The Kier molecular flexibility index (Phi) is 4.30. The third kappa shape index (κ3) is 3.51. The van der Waals surface area contributed by atoms with E-state index in [9.17, 15) is 8.42 Å². The van der Waals surface area contributed by atoms with Crippen LogP contribution in [0.25, 0.3) is 11.1 Å². The summed E-state index contributed by atoms with van der Waals surface area (Å²) in [4.78, 5) is 0.367. The molecule has 2 nitrogen and oxygen atoms in total. The van der Waals surface area contributed by atoms with Gasteiger partial charge >= 0.3 is 0 Å². The molecule has 0 unspecified atom stereocenters. The molecule has 3 aromatic carbocycles. The van der Waals surface area contributed by atoms with Crippen LogP contribution in [0, 0.1) is 6.92 Å². The van der Waals surface area contributed by atoms with Gasteiger partial charge in [0.25, 0.3) is 0 Å². The fourth-order valence-electron chi connectivity index (χ4n) is 2.58. The molecular weight excluding hydrogens is 304 g/mol. The van der Waals surface area contributed by atoms with Crippen LogP contribution in [0.5, 0.6) is 0 Å². The molecule has 0 amide bonds. The van der Waals surface area contributed by atoms with Crippen molar-refractivity contribution < 1.29 is 8.42 Å². The van der Waals surface area contributed by atoms with Gasteiger partial charge in [-0.25, -0.2) is 8.42 Å². The van der Waals surface area contributed by atoms with Crippen molar-refractivity contribution in [1.82, 2.24) is 0 Å². The predicted molar refractivity (Wildman–Crippen MR) is 93.9 cm³/mol. The molecule has 0 N–H and O–H groups in total. The maximum Gasteiger partial charge on any atom is 0.182 e. The number of hydrogen-bond donors (Lipinski definition) is 0. The zero-order valence-electron chi connectivity index (χ0n) is 12.9. The van der Waals surface area contributed by atoms with Crippen molar-refractivity contribution in [3.63, 3.8) is 0 Å². The molecule has 23 heavy (non-hydrogen) atoms. The van der Waals surface area contributed by atoms with Gasteiger partial charge in [-0.1, -0.05) is 72.3 Å². The van der Waals surface area contributed by atoms with E-state index in [2.05, 4.69) is 0 Å². The fraction of sp³-hybridized carbons (Fsp3) is 0.100. The molecule has 116 valence electrons. The third-order valence-corrected chi connectivity index (χ3v) is 5.51. The lowest BCUT2D eigenvalue weighted by molar-refractivity contribution is 0.595. The van der Waals surface area contributed by atoms with Crippen LogP contribution in [0.4, 0.5) is 0 Å². The normalized spacial score (nSPS) is 11.3. The average Bonchev–Trinajstić information content (AvgIpc) is 2.56. The maximum atomic E-state index is 12.7. The van der Waals surface area contributed by atoms with Crippen molar-refractivity contribution in [2.24, 2.45) is 0 Å². The summed E-state index contributed by atoms with van der Waals surface area (Å²) in [5.41, 5.74) is 3.86. The monoisotopic (exact) mass is 322 g/mol. The van der Waals surface area contributed by atoms with Gasteiger partial charge in [-0.15, -0.1) is 0 Å². The van der Waals surface area contributed by atoms with Gasteiger partial charge in [0.05, 0.1) is 10.6 Å². The molecule has 0 heterocycles. The highest BCUT2D eigenvalue weighted by atomic mass is 32.2. The molecule has 0 spiro atoms. The van der Waals surface area contributed by atoms with Crippen LogP contribution in [-0.2, 0) is 15.6 Å². The maximum absolute atomic E-state index is 12.7. The molecule has 0 atom stereocenters. The lowest BCUT2D eigenvalue weighted by Crippen LogP contribution is -2.06. The van der Waals surface area contributed by atoms with Crippen molar-refractivity contribution >= 4 is 9.84 Å². The van der Waals surface area contributed by atoms with Gasteiger partial charge in [0.1, 0.15) is 0 Å². The summed E-state index contributed by atoms with van der Waals surface area (Å²) in [7, 11) is -3.36. The SMILES string of the molecule is Cc1ccc(S(=O)(=O)Cc2ccccc2-c2ccccc2)cc1. The Balaban J connectivity index is 1.99. The van der Waals surface area contributed by atoms with Gasteiger partial charge in [-0.05, 0) is 35.7 Å². The second-order valence-corrected chi connectivity index (χ2v) is 7.58. The fourth-order valence-corrected chi connectivity index (χ4v) is 3.96. The van der Waals surface area contributed by atoms with Crippen LogP contribution in [0.1, 0.15) is 11.1 Å². The quantitative estimate of drug-likeness (QED) is 0.701. The van der Waals surface area contributed by atoms with E-state index in [0.29, 0.717) is 4.90 Å². The summed E-state index contributed by atoms with van der Waals surface area (Å²) in [6.07, 6.45) is 0. The smallest absolute Gasteiger partial charge is 0.182 e. The van der Waals surface area contributed by atoms with E-state index in [4.69, 9.17) is 0 Å². The molecule has 0 saturated carbocycles. The highest BCUT2D eigenvalue weighted by molar-refractivity contribution is 7.90. The molecule has 0 aliphatic heterocycles. The minimum atomic E-state index is -3.36. The number of sulfone groups is 1. The zero-order chi connectivity index (χ0) is 16.3. The minimum Gasteiger partial charge on any atom is -0.223 e. The third-order valence-electron chi connectivity index (χ3n) is 3.83. The first-order valence-corrected chi connectivity index (χ1v) is 9.14. The molecule has 0 fully saturated rings. The van der Waals surface area contributed by atoms with Crippen molar-refractivity contribution in [3.8, 4) is 11.1 Å². The van der Waals surface area contributed by atoms with Crippen LogP contribution < -0.4 is 0 Å². The summed E-state index contributed by atoms with van der Waals surface area (Å²) < 4.78 is 25.4. The molecule has 0 saturated heterocycles. The lowest BCUT2D eigenvalue weighted by Gasteiger charge is -2.11. The summed E-state index contributed by atoms with van der Waals surface area (Å²) in [6.45, 7) is 1.95. The van der Waals surface area contributed by atoms with Crippen molar-refractivity contribution in [2.45, 2.75) is 17.6 Å². The van der Waals surface area contributed by atoms with Crippen molar-refractivity contribution in [3.05, 3.63) is 90.0 Å². The summed E-state index contributed by atoms with van der Waals surface area (Å²) in [5, 5.41) is 0.